The molecule has 3 heteroatoms. The molecule has 0 bridgehead atoms. The fourth-order valence-electron chi connectivity index (χ4n) is 2.52. The van der Waals surface area contributed by atoms with Crippen LogP contribution in [0.2, 0.25) is 0 Å². The van der Waals surface area contributed by atoms with E-state index < -0.39 is 6.10 Å². The molecule has 1 unspecified atom stereocenters. The first kappa shape index (κ1) is 12.1. The molecule has 0 radical (unpaired) electrons. The van der Waals surface area contributed by atoms with Crippen LogP contribution in [0.15, 0.2) is 42.5 Å². The highest BCUT2D eigenvalue weighted by atomic mass is 16.5. The van der Waals surface area contributed by atoms with Gasteiger partial charge in [0.1, 0.15) is 18.5 Å². The van der Waals surface area contributed by atoms with Gasteiger partial charge in [-0.25, -0.2) is 0 Å². The second-order valence-electron chi connectivity index (χ2n) is 4.98. The molecule has 0 aliphatic carbocycles. The molecule has 0 amide bonds. The Kier molecular flexibility index (Phi) is 2.91. The molecule has 2 aromatic carbocycles. The molecule has 0 saturated heterocycles. The Balaban J connectivity index is 2.17. The lowest BCUT2D eigenvalue weighted by Gasteiger charge is -2.20. The number of hydrogen-bond donors (Lipinski definition) is 1. The number of fused-ring (bicyclic) bond motifs is 2. The number of ether oxygens (including phenoxy) is 1. The Hall–Kier alpha value is -2.00. The predicted octanol–water partition coefficient (Wildman–Crippen LogP) is 2.73. The molecule has 1 heterocycles. The summed E-state index contributed by atoms with van der Waals surface area (Å²) in [7, 11) is 3.95. The van der Waals surface area contributed by atoms with Crippen molar-refractivity contribution in [3.05, 3.63) is 59.2 Å². The number of hydrogen-bond acceptors (Lipinski definition) is 3. The SMILES string of the molecule is CN(C)c1cccc2c1OCc1ccccc1C2O. The molecule has 1 aliphatic rings. The van der Waals surface area contributed by atoms with Gasteiger partial charge < -0.3 is 14.7 Å². The molecule has 0 aromatic heterocycles. The number of rotatable bonds is 1. The lowest BCUT2D eigenvalue weighted by Crippen LogP contribution is -2.11. The Morgan fingerprint density at radius 1 is 1.05 bits per heavy atom. The van der Waals surface area contributed by atoms with Gasteiger partial charge in [-0.3, -0.25) is 0 Å². The molecule has 0 spiro atoms. The molecule has 2 aromatic rings. The van der Waals surface area contributed by atoms with Gasteiger partial charge in [0.15, 0.2) is 0 Å². The lowest BCUT2D eigenvalue weighted by molar-refractivity contribution is 0.218. The van der Waals surface area contributed by atoms with Crippen LogP contribution in [0.1, 0.15) is 22.8 Å². The van der Waals surface area contributed by atoms with Crippen molar-refractivity contribution in [1.82, 2.24) is 0 Å². The van der Waals surface area contributed by atoms with Gasteiger partial charge in [-0.1, -0.05) is 36.4 Å². The number of nitrogens with zero attached hydrogens (tertiary/aromatic N) is 1. The zero-order valence-corrected chi connectivity index (χ0v) is 11.1. The molecule has 3 nitrogen and oxygen atoms in total. The van der Waals surface area contributed by atoms with E-state index in [1.807, 2.05) is 61.5 Å². The van der Waals surface area contributed by atoms with Crippen molar-refractivity contribution >= 4 is 5.69 Å². The first-order valence-electron chi connectivity index (χ1n) is 6.37. The summed E-state index contributed by atoms with van der Waals surface area (Å²) < 4.78 is 5.94. The summed E-state index contributed by atoms with van der Waals surface area (Å²) in [4.78, 5) is 2.00. The van der Waals surface area contributed by atoms with Gasteiger partial charge in [0.05, 0.1) is 5.69 Å². The van der Waals surface area contributed by atoms with Crippen LogP contribution in [0, 0.1) is 0 Å². The molecular formula is C16H17NO2. The second-order valence-corrected chi connectivity index (χ2v) is 4.98. The van der Waals surface area contributed by atoms with Crippen LogP contribution < -0.4 is 9.64 Å². The largest absolute Gasteiger partial charge is 0.486 e. The number of aliphatic hydroxyl groups is 1. The van der Waals surface area contributed by atoms with E-state index in [4.69, 9.17) is 4.74 Å². The minimum absolute atomic E-state index is 0.491. The first-order chi connectivity index (χ1) is 9.18. The van der Waals surface area contributed by atoms with Crippen molar-refractivity contribution in [2.45, 2.75) is 12.7 Å². The zero-order chi connectivity index (χ0) is 13.4. The molecule has 3 rings (SSSR count). The smallest absolute Gasteiger partial charge is 0.149 e. The Labute approximate surface area is 113 Å². The molecule has 98 valence electrons. The summed E-state index contributed by atoms with van der Waals surface area (Å²) in [6.45, 7) is 0.491. The summed E-state index contributed by atoms with van der Waals surface area (Å²) in [5, 5.41) is 10.6. The van der Waals surface area contributed by atoms with Crippen LogP contribution in [0.25, 0.3) is 0 Å². The van der Waals surface area contributed by atoms with E-state index in [2.05, 4.69) is 0 Å². The molecule has 0 fully saturated rings. The van der Waals surface area contributed by atoms with Gasteiger partial charge in [-0.2, -0.15) is 0 Å². The van der Waals surface area contributed by atoms with E-state index in [0.717, 1.165) is 28.1 Å². The van der Waals surface area contributed by atoms with E-state index >= 15 is 0 Å². The van der Waals surface area contributed by atoms with E-state index in [-0.39, 0.29) is 0 Å². The third-order valence-corrected chi connectivity index (χ3v) is 3.52. The highest BCUT2D eigenvalue weighted by molar-refractivity contribution is 5.63. The minimum Gasteiger partial charge on any atom is -0.486 e. The van der Waals surface area contributed by atoms with E-state index in [0.29, 0.717) is 6.61 Å². The lowest BCUT2D eigenvalue weighted by atomic mass is 9.97. The molecule has 1 aliphatic heterocycles. The minimum atomic E-state index is -0.631. The van der Waals surface area contributed by atoms with E-state index in [1.54, 1.807) is 0 Å². The first-order valence-corrected chi connectivity index (χ1v) is 6.37. The number of anilines is 1. The quantitative estimate of drug-likeness (QED) is 0.850. The fourth-order valence-corrected chi connectivity index (χ4v) is 2.52. The molecule has 1 atom stereocenters. The summed E-state index contributed by atoms with van der Waals surface area (Å²) in [5.41, 5.74) is 3.79. The topological polar surface area (TPSA) is 32.7 Å². The van der Waals surface area contributed by atoms with Crippen molar-refractivity contribution in [2.24, 2.45) is 0 Å². The zero-order valence-electron chi connectivity index (χ0n) is 11.1. The molecule has 0 saturated carbocycles. The van der Waals surface area contributed by atoms with Crippen LogP contribution in [0.4, 0.5) is 5.69 Å². The third-order valence-electron chi connectivity index (χ3n) is 3.52. The predicted molar refractivity (Wildman–Crippen MR) is 75.6 cm³/mol. The maximum Gasteiger partial charge on any atom is 0.149 e. The maximum atomic E-state index is 10.6. The number of benzene rings is 2. The highest BCUT2D eigenvalue weighted by Crippen LogP contribution is 2.40. The highest BCUT2D eigenvalue weighted by Gasteiger charge is 2.24. The van der Waals surface area contributed by atoms with Crippen LogP contribution in [0.3, 0.4) is 0 Å². The van der Waals surface area contributed by atoms with Crippen molar-refractivity contribution in [1.29, 1.82) is 0 Å². The summed E-state index contributed by atoms with van der Waals surface area (Å²) in [6.07, 6.45) is -0.631. The fraction of sp³-hybridized carbons (Fsp3) is 0.250. The summed E-state index contributed by atoms with van der Waals surface area (Å²) in [5.74, 6) is 0.774. The summed E-state index contributed by atoms with van der Waals surface area (Å²) >= 11 is 0. The van der Waals surface area contributed by atoms with Crippen molar-refractivity contribution in [3.63, 3.8) is 0 Å². The van der Waals surface area contributed by atoms with Gasteiger partial charge in [0, 0.05) is 19.7 Å². The molecular weight excluding hydrogens is 238 g/mol. The van der Waals surface area contributed by atoms with Crippen LogP contribution >= 0.6 is 0 Å². The van der Waals surface area contributed by atoms with Crippen molar-refractivity contribution < 1.29 is 9.84 Å². The van der Waals surface area contributed by atoms with Gasteiger partial charge >= 0.3 is 0 Å². The summed E-state index contributed by atoms with van der Waals surface area (Å²) in [6, 6.07) is 13.8. The van der Waals surface area contributed by atoms with Crippen molar-refractivity contribution in [2.75, 3.05) is 19.0 Å². The number of para-hydroxylation sites is 1. The Morgan fingerprint density at radius 3 is 2.58 bits per heavy atom. The molecule has 1 N–H and O–H groups in total. The Bertz CT molecular complexity index is 607. The van der Waals surface area contributed by atoms with Crippen LogP contribution in [-0.4, -0.2) is 19.2 Å². The average molecular weight is 255 g/mol. The molecule has 19 heavy (non-hydrogen) atoms. The average Bonchev–Trinajstić information content (AvgIpc) is 2.57. The van der Waals surface area contributed by atoms with Gasteiger partial charge in [-0.15, -0.1) is 0 Å². The van der Waals surface area contributed by atoms with Crippen LogP contribution in [-0.2, 0) is 6.61 Å². The third kappa shape index (κ3) is 1.96. The van der Waals surface area contributed by atoms with Gasteiger partial charge in [0.2, 0.25) is 0 Å². The van der Waals surface area contributed by atoms with Crippen LogP contribution in [0.5, 0.6) is 5.75 Å². The maximum absolute atomic E-state index is 10.6. The normalized spacial score (nSPS) is 16.9. The van der Waals surface area contributed by atoms with Gasteiger partial charge in [0.25, 0.3) is 0 Å². The van der Waals surface area contributed by atoms with E-state index in [9.17, 15) is 5.11 Å². The second kappa shape index (κ2) is 4.59. The monoisotopic (exact) mass is 255 g/mol. The van der Waals surface area contributed by atoms with Crippen molar-refractivity contribution in [3.8, 4) is 5.75 Å². The van der Waals surface area contributed by atoms with Gasteiger partial charge in [-0.05, 0) is 17.2 Å². The number of aliphatic hydroxyl groups excluding tert-OH is 1. The standard InChI is InChI=1S/C16H17NO2/c1-17(2)14-9-5-8-13-15(18)12-7-4-3-6-11(12)10-19-16(13)14/h3-9,15,18H,10H2,1-2H3. The Morgan fingerprint density at radius 2 is 1.79 bits per heavy atom. The van der Waals surface area contributed by atoms with E-state index in [1.165, 1.54) is 0 Å².